The first-order valence-electron chi connectivity index (χ1n) is 5.86. The van der Waals surface area contributed by atoms with E-state index in [2.05, 4.69) is 10.5 Å². The van der Waals surface area contributed by atoms with E-state index in [1.807, 2.05) is 0 Å². The normalized spacial score (nSPS) is 27.3. The van der Waals surface area contributed by atoms with E-state index in [0.29, 0.717) is 5.90 Å². The van der Waals surface area contributed by atoms with Gasteiger partial charge in [-0.3, -0.25) is 5.43 Å². The summed E-state index contributed by atoms with van der Waals surface area (Å²) in [5.41, 5.74) is 2.62. The van der Waals surface area contributed by atoms with Gasteiger partial charge in [0.2, 0.25) is 15.7 Å². The number of sulfone groups is 1. The maximum absolute atomic E-state index is 12.5. The van der Waals surface area contributed by atoms with Crippen molar-refractivity contribution < 1.29 is 13.2 Å². The summed E-state index contributed by atoms with van der Waals surface area (Å²) in [5.74, 6) is 0.794. The summed E-state index contributed by atoms with van der Waals surface area (Å²) in [5, 5.41) is 2.51. The molecule has 0 saturated heterocycles. The van der Waals surface area contributed by atoms with Gasteiger partial charge in [0, 0.05) is 12.8 Å². The number of hydrazone groups is 1. The van der Waals surface area contributed by atoms with Gasteiger partial charge in [0.15, 0.2) is 0 Å². The van der Waals surface area contributed by atoms with Crippen LogP contribution in [0.25, 0.3) is 0 Å². The van der Waals surface area contributed by atoms with Crippen LogP contribution < -0.4 is 5.43 Å². The number of ether oxygens (including phenoxy) is 1. The molecule has 1 aromatic rings. The molecule has 18 heavy (non-hydrogen) atoms. The van der Waals surface area contributed by atoms with Crippen LogP contribution in [0.2, 0.25) is 0 Å². The highest BCUT2D eigenvalue weighted by atomic mass is 32.2. The summed E-state index contributed by atoms with van der Waals surface area (Å²) in [6.07, 6.45) is 2.03. The second-order valence-corrected chi connectivity index (χ2v) is 6.96. The quantitative estimate of drug-likeness (QED) is 0.899. The van der Waals surface area contributed by atoms with Crippen molar-refractivity contribution in [2.75, 3.05) is 0 Å². The maximum atomic E-state index is 12.5. The average molecular weight is 266 g/mol. The standard InChI is InChI=1S/C12H14N2O3S/c1-12(14-13-11(17-12)9-7-8-9)18(15,16)10-5-3-2-4-6-10/h2-6,9,14H,7-8H2,1H3. The predicted octanol–water partition coefficient (Wildman–Crippen LogP) is 1.48. The van der Waals surface area contributed by atoms with Gasteiger partial charge in [-0.2, -0.15) is 0 Å². The minimum atomic E-state index is -3.62. The number of nitrogens with zero attached hydrogens (tertiary/aromatic N) is 1. The molecule has 1 saturated carbocycles. The molecule has 96 valence electrons. The Bertz CT molecular complexity index is 593. The molecule has 5 nitrogen and oxygen atoms in total. The van der Waals surface area contributed by atoms with Gasteiger partial charge in [0.25, 0.3) is 5.06 Å². The molecule has 0 bridgehead atoms. The van der Waals surface area contributed by atoms with Crippen molar-refractivity contribution >= 4 is 15.7 Å². The van der Waals surface area contributed by atoms with Crippen LogP contribution >= 0.6 is 0 Å². The number of hydrogen-bond acceptors (Lipinski definition) is 5. The van der Waals surface area contributed by atoms with Crippen LogP contribution in [0, 0.1) is 5.92 Å². The summed E-state index contributed by atoms with van der Waals surface area (Å²) in [6.45, 7) is 1.49. The Kier molecular flexibility index (Phi) is 2.38. The molecule has 1 aliphatic carbocycles. The third-order valence-electron chi connectivity index (χ3n) is 3.16. The van der Waals surface area contributed by atoms with E-state index in [0.717, 1.165) is 12.8 Å². The molecular formula is C12H14N2O3S. The monoisotopic (exact) mass is 266 g/mol. The van der Waals surface area contributed by atoms with Gasteiger partial charge in [-0.25, -0.2) is 8.42 Å². The first kappa shape index (κ1) is 11.5. The van der Waals surface area contributed by atoms with Crippen LogP contribution in [0.15, 0.2) is 40.3 Å². The van der Waals surface area contributed by atoms with E-state index in [1.165, 1.54) is 6.92 Å². The summed E-state index contributed by atoms with van der Waals surface area (Å²) < 4.78 is 30.5. The van der Waals surface area contributed by atoms with Crippen LogP contribution in [-0.4, -0.2) is 19.4 Å². The first-order chi connectivity index (χ1) is 8.53. The van der Waals surface area contributed by atoms with Crippen molar-refractivity contribution in [1.82, 2.24) is 5.43 Å². The summed E-state index contributed by atoms with van der Waals surface area (Å²) in [6, 6.07) is 8.26. The number of rotatable bonds is 3. The zero-order valence-corrected chi connectivity index (χ0v) is 10.8. The number of hydrogen-bond donors (Lipinski definition) is 1. The highest BCUT2D eigenvalue weighted by molar-refractivity contribution is 7.92. The molecule has 2 aliphatic rings. The molecule has 6 heteroatoms. The Balaban J connectivity index is 1.91. The number of benzene rings is 1. The van der Waals surface area contributed by atoms with E-state index < -0.39 is 14.9 Å². The molecule has 0 amide bonds. The Morgan fingerprint density at radius 2 is 2.00 bits per heavy atom. The van der Waals surface area contributed by atoms with Gasteiger partial charge in [-0.05, 0) is 25.0 Å². The lowest BCUT2D eigenvalue weighted by molar-refractivity contribution is 0.151. The molecule has 0 aromatic heterocycles. The lowest BCUT2D eigenvalue weighted by atomic mass is 10.4. The Hall–Kier alpha value is -1.56. The van der Waals surface area contributed by atoms with Crippen molar-refractivity contribution in [2.24, 2.45) is 11.0 Å². The van der Waals surface area contributed by atoms with E-state index in [1.54, 1.807) is 30.3 Å². The van der Waals surface area contributed by atoms with E-state index >= 15 is 0 Å². The Labute approximate surface area is 106 Å². The fourth-order valence-corrected chi connectivity index (χ4v) is 3.17. The average Bonchev–Trinajstić information content (AvgIpc) is 3.14. The van der Waals surface area contributed by atoms with E-state index in [-0.39, 0.29) is 10.8 Å². The molecule has 1 unspecified atom stereocenters. The summed E-state index contributed by atoms with van der Waals surface area (Å²) in [4.78, 5) is 0.229. The molecule has 0 radical (unpaired) electrons. The highest BCUT2D eigenvalue weighted by Gasteiger charge is 2.49. The lowest BCUT2D eigenvalue weighted by Crippen LogP contribution is -2.46. The zero-order chi connectivity index (χ0) is 12.8. The second-order valence-electron chi connectivity index (χ2n) is 4.70. The fraction of sp³-hybridized carbons (Fsp3) is 0.417. The minimum Gasteiger partial charge on any atom is -0.437 e. The van der Waals surface area contributed by atoms with Crippen molar-refractivity contribution in [3.8, 4) is 0 Å². The molecule has 0 spiro atoms. The Morgan fingerprint density at radius 1 is 1.33 bits per heavy atom. The van der Waals surface area contributed by atoms with Crippen LogP contribution in [0.1, 0.15) is 19.8 Å². The van der Waals surface area contributed by atoms with Crippen molar-refractivity contribution in [1.29, 1.82) is 0 Å². The fourth-order valence-electron chi connectivity index (χ4n) is 1.85. The minimum absolute atomic E-state index is 0.229. The molecule has 3 rings (SSSR count). The van der Waals surface area contributed by atoms with Crippen LogP contribution in [-0.2, 0) is 14.6 Å². The van der Waals surface area contributed by atoms with Gasteiger partial charge in [-0.15, -0.1) is 5.10 Å². The zero-order valence-electron chi connectivity index (χ0n) is 9.96. The van der Waals surface area contributed by atoms with Crippen molar-refractivity contribution in [3.05, 3.63) is 30.3 Å². The van der Waals surface area contributed by atoms with E-state index in [9.17, 15) is 8.42 Å². The van der Waals surface area contributed by atoms with Crippen molar-refractivity contribution in [3.63, 3.8) is 0 Å². The third-order valence-corrected chi connectivity index (χ3v) is 5.25. The molecular weight excluding hydrogens is 252 g/mol. The molecule has 1 aliphatic heterocycles. The van der Waals surface area contributed by atoms with Gasteiger partial charge in [-0.1, -0.05) is 18.2 Å². The third kappa shape index (κ3) is 1.68. The van der Waals surface area contributed by atoms with Gasteiger partial charge in [0.1, 0.15) is 0 Å². The largest absolute Gasteiger partial charge is 0.437 e. The summed E-state index contributed by atoms with van der Waals surface area (Å²) in [7, 11) is -3.62. The summed E-state index contributed by atoms with van der Waals surface area (Å²) >= 11 is 0. The Morgan fingerprint density at radius 3 is 2.61 bits per heavy atom. The topological polar surface area (TPSA) is 67.8 Å². The predicted molar refractivity (Wildman–Crippen MR) is 66.4 cm³/mol. The second kappa shape index (κ2) is 3.71. The molecule has 1 N–H and O–H groups in total. The molecule has 1 aromatic carbocycles. The van der Waals surface area contributed by atoms with Gasteiger partial charge in [0.05, 0.1) is 4.90 Å². The van der Waals surface area contributed by atoms with Crippen LogP contribution in [0.3, 0.4) is 0 Å². The van der Waals surface area contributed by atoms with Gasteiger partial charge < -0.3 is 4.74 Å². The van der Waals surface area contributed by atoms with Gasteiger partial charge >= 0.3 is 0 Å². The lowest BCUT2D eigenvalue weighted by Gasteiger charge is -2.23. The first-order valence-corrected chi connectivity index (χ1v) is 7.35. The SMILES string of the molecule is CC1(S(=O)(=O)c2ccccc2)NN=C(C2CC2)O1. The van der Waals surface area contributed by atoms with Crippen LogP contribution in [0.5, 0.6) is 0 Å². The van der Waals surface area contributed by atoms with Crippen molar-refractivity contribution in [2.45, 2.75) is 29.7 Å². The maximum Gasteiger partial charge on any atom is 0.300 e. The van der Waals surface area contributed by atoms with E-state index in [4.69, 9.17) is 4.74 Å². The highest BCUT2D eigenvalue weighted by Crippen LogP contribution is 2.37. The van der Waals surface area contributed by atoms with Crippen LogP contribution in [0.4, 0.5) is 0 Å². The molecule has 1 heterocycles. The molecule has 1 fully saturated rings. The smallest absolute Gasteiger partial charge is 0.300 e. The number of nitrogens with one attached hydrogen (secondary N) is 1. The molecule has 1 atom stereocenters.